The van der Waals surface area contributed by atoms with Crippen molar-refractivity contribution in [1.29, 1.82) is 0 Å². The van der Waals surface area contributed by atoms with E-state index in [0.29, 0.717) is 0 Å². The van der Waals surface area contributed by atoms with Gasteiger partial charge < -0.3 is 10.8 Å². The number of hydrogen-bond acceptors (Lipinski definition) is 3. The van der Waals surface area contributed by atoms with E-state index in [1.807, 2.05) is 6.92 Å². The Morgan fingerprint density at radius 1 is 1.50 bits per heavy atom. The SMILES string of the molecule is C[C@@H](N)c1ccncc1O.Cl.Cl. The average molecular weight is 211 g/mol. The molecule has 0 unspecified atom stereocenters. The Morgan fingerprint density at radius 2 is 2.08 bits per heavy atom. The zero-order chi connectivity index (χ0) is 7.56. The van der Waals surface area contributed by atoms with Crippen LogP contribution in [0.2, 0.25) is 0 Å². The Hall–Kier alpha value is -0.510. The van der Waals surface area contributed by atoms with E-state index in [4.69, 9.17) is 10.8 Å². The maximum Gasteiger partial charge on any atom is 0.138 e. The largest absolute Gasteiger partial charge is 0.506 e. The second-order valence-electron chi connectivity index (χ2n) is 2.22. The van der Waals surface area contributed by atoms with Crippen LogP contribution in [0.5, 0.6) is 5.75 Å². The predicted molar refractivity (Wildman–Crippen MR) is 53.0 cm³/mol. The highest BCUT2D eigenvalue weighted by Crippen LogP contribution is 2.19. The predicted octanol–water partition coefficient (Wildman–Crippen LogP) is 1.65. The number of aromatic nitrogens is 1. The molecule has 0 spiro atoms. The van der Waals surface area contributed by atoms with Crippen molar-refractivity contribution in [2.24, 2.45) is 5.73 Å². The van der Waals surface area contributed by atoms with Gasteiger partial charge in [-0.3, -0.25) is 4.98 Å². The highest BCUT2D eigenvalue weighted by molar-refractivity contribution is 5.85. The van der Waals surface area contributed by atoms with Crippen LogP contribution >= 0.6 is 24.8 Å². The quantitative estimate of drug-likeness (QED) is 0.742. The third-order valence-corrected chi connectivity index (χ3v) is 1.32. The maximum atomic E-state index is 9.14. The number of halogens is 2. The highest BCUT2D eigenvalue weighted by Gasteiger charge is 2.03. The lowest BCUT2D eigenvalue weighted by Gasteiger charge is -2.05. The molecule has 0 fully saturated rings. The summed E-state index contributed by atoms with van der Waals surface area (Å²) in [6, 6.07) is 1.57. The van der Waals surface area contributed by atoms with Gasteiger partial charge in [-0.05, 0) is 13.0 Å². The average Bonchev–Trinajstić information content (AvgIpc) is 1.88. The molecule has 0 amide bonds. The Balaban J connectivity index is 0. The van der Waals surface area contributed by atoms with Crippen LogP contribution in [-0.4, -0.2) is 10.1 Å². The van der Waals surface area contributed by atoms with Gasteiger partial charge in [0.05, 0.1) is 6.20 Å². The molecule has 1 atom stereocenters. The molecule has 0 saturated carbocycles. The first-order chi connectivity index (χ1) is 4.72. The van der Waals surface area contributed by atoms with E-state index in [1.165, 1.54) is 6.20 Å². The van der Waals surface area contributed by atoms with Gasteiger partial charge in [-0.15, -0.1) is 24.8 Å². The van der Waals surface area contributed by atoms with Crippen molar-refractivity contribution < 1.29 is 5.11 Å². The lowest BCUT2D eigenvalue weighted by Crippen LogP contribution is -2.04. The summed E-state index contributed by atoms with van der Waals surface area (Å²) in [5.41, 5.74) is 6.26. The van der Waals surface area contributed by atoms with Gasteiger partial charge in [0, 0.05) is 17.8 Å². The van der Waals surface area contributed by atoms with Gasteiger partial charge in [0.15, 0.2) is 0 Å². The molecule has 0 saturated heterocycles. The van der Waals surface area contributed by atoms with E-state index in [9.17, 15) is 0 Å². The van der Waals surface area contributed by atoms with Crippen molar-refractivity contribution in [2.45, 2.75) is 13.0 Å². The summed E-state index contributed by atoms with van der Waals surface area (Å²) in [5, 5.41) is 9.14. The van der Waals surface area contributed by atoms with Gasteiger partial charge in [-0.1, -0.05) is 0 Å². The van der Waals surface area contributed by atoms with Gasteiger partial charge >= 0.3 is 0 Å². The summed E-state index contributed by atoms with van der Waals surface area (Å²) in [4.78, 5) is 3.72. The van der Waals surface area contributed by atoms with Crippen LogP contribution in [0.15, 0.2) is 18.5 Å². The van der Waals surface area contributed by atoms with Crippen LogP contribution in [0.25, 0.3) is 0 Å². The third kappa shape index (κ3) is 3.26. The summed E-state index contributed by atoms with van der Waals surface area (Å²) >= 11 is 0. The van der Waals surface area contributed by atoms with E-state index in [-0.39, 0.29) is 36.6 Å². The normalized spacial score (nSPS) is 10.8. The van der Waals surface area contributed by atoms with Crippen molar-refractivity contribution in [3.05, 3.63) is 24.0 Å². The minimum absolute atomic E-state index is 0. The summed E-state index contributed by atoms with van der Waals surface area (Å²) < 4.78 is 0. The second-order valence-corrected chi connectivity index (χ2v) is 2.22. The Morgan fingerprint density at radius 3 is 2.42 bits per heavy atom. The molecule has 0 aromatic carbocycles. The summed E-state index contributed by atoms with van der Waals surface area (Å²) in [7, 11) is 0. The number of nitrogens with two attached hydrogens (primary N) is 1. The monoisotopic (exact) mass is 210 g/mol. The first kappa shape index (κ1) is 14.0. The topological polar surface area (TPSA) is 59.1 Å². The Labute approximate surface area is 83.8 Å². The van der Waals surface area contributed by atoms with Crippen LogP contribution < -0.4 is 5.73 Å². The number of rotatable bonds is 1. The zero-order valence-corrected chi connectivity index (χ0v) is 8.23. The first-order valence-electron chi connectivity index (χ1n) is 3.10. The fraction of sp³-hybridized carbons (Fsp3) is 0.286. The molecule has 0 radical (unpaired) electrons. The molecule has 0 aliphatic rings. The minimum Gasteiger partial charge on any atom is -0.506 e. The molecule has 0 aliphatic carbocycles. The maximum absolute atomic E-state index is 9.14. The van der Waals surface area contributed by atoms with Crippen molar-refractivity contribution in [2.75, 3.05) is 0 Å². The van der Waals surface area contributed by atoms with Crippen LogP contribution in [0.1, 0.15) is 18.5 Å². The number of aromatic hydroxyl groups is 1. The fourth-order valence-electron chi connectivity index (χ4n) is 0.782. The molecule has 3 nitrogen and oxygen atoms in total. The van der Waals surface area contributed by atoms with Crippen molar-refractivity contribution >= 4 is 24.8 Å². The Bertz CT molecular complexity index is 230. The Kier molecular flexibility index (Phi) is 7.09. The molecular formula is C7H12Cl2N2O. The van der Waals surface area contributed by atoms with E-state index in [1.54, 1.807) is 12.3 Å². The molecule has 12 heavy (non-hydrogen) atoms. The van der Waals surface area contributed by atoms with E-state index in [2.05, 4.69) is 4.98 Å². The third-order valence-electron chi connectivity index (χ3n) is 1.32. The summed E-state index contributed by atoms with van der Waals surface area (Å²) in [5.74, 6) is 0.164. The van der Waals surface area contributed by atoms with Gasteiger partial charge in [-0.2, -0.15) is 0 Å². The van der Waals surface area contributed by atoms with Crippen LogP contribution in [0, 0.1) is 0 Å². The lowest BCUT2D eigenvalue weighted by atomic mass is 10.1. The molecule has 3 N–H and O–H groups in total. The lowest BCUT2D eigenvalue weighted by molar-refractivity contribution is 0.461. The van der Waals surface area contributed by atoms with Crippen LogP contribution in [0.4, 0.5) is 0 Å². The molecule has 0 aliphatic heterocycles. The summed E-state index contributed by atoms with van der Waals surface area (Å²) in [6.45, 7) is 1.81. The van der Waals surface area contributed by atoms with E-state index < -0.39 is 0 Å². The van der Waals surface area contributed by atoms with Gasteiger partial charge in [0.25, 0.3) is 0 Å². The van der Waals surface area contributed by atoms with Gasteiger partial charge in [-0.25, -0.2) is 0 Å². The number of nitrogens with zero attached hydrogens (tertiary/aromatic N) is 1. The van der Waals surface area contributed by atoms with Crippen LogP contribution in [-0.2, 0) is 0 Å². The minimum atomic E-state index is -0.136. The molecule has 0 bridgehead atoms. The molecule has 70 valence electrons. The van der Waals surface area contributed by atoms with Gasteiger partial charge in [0.1, 0.15) is 5.75 Å². The second kappa shape index (κ2) is 6.06. The van der Waals surface area contributed by atoms with Crippen molar-refractivity contribution in [1.82, 2.24) is 4.98 Å². The standard InChI is InChI=1S/C7H10N2O.2ClH/c1-5(8)6-2-3-9-4-7(6)10;;/h2-5,10H,8H2,1H3;2*1H/t5-;;/m1../s1. The highest BCUT2D eigenvalue weighted by atomic mass is 35.5. The number of hydrogen-bond donors (Lipinski definition) is 2. The van der Waals surface area contributed by atoms with Gasteiger partial charge in [0.2, 0.25) is 0 Å². The number of pyridine rings is 1. The van der Waals surface area contributed by atoms with Crippen molar-refractivity contribution in [3.8, 4) is 5.75 Å². The fourth-order valence-corrected chi connectivity index (χ4v) is 0.782. The van der Waals surface area contributed by atoms with Crippen LogP contribution in [0.3, 0.4) is 0 Å². The van der Waals surface area contributed by atoms with E-state index in [0.717, 1.165) is 5.56 Å². The smallest absolute Gasteiger partial charge is 0.138 e. The molecule has 1 heterocycles. The van der Waals surface area contributed by atoms with E-state index >= 15 is 0 Å². The molecule has 5 heteroatoms. The molecule has 1 rings (SSSR count). The molecule has 1 aromatic rings. The molecular weight excluding hydrogens is 199 g/mol. The summed E-state index contributed by atoms with van der Waals surface area (Å²) in [6.07, 6.45) is 3.00. The first-order valence-corrected chi connectivity index (χ1v) is 3.10. The zero-order valence-electron chi connectivity index (χ0n) is 6.60. The molecule has 1 aromatic heterocycles. The van der Waals surface area contributed by atoms with Crippen molar-refractivity contribution in [3.63, 3.8) is 0 Å².